The first-order valence-electron chi connectivity index (χ1n) is 8.33. The van der Waals surface area contributed by atoms with Gasteiger partial charge in [-0.05, 0) is 48.5 Å². The maximum atomic E-state index is 12.9. The van der Waals surface area contributed by atoms with E-state index >= 15 is 0 Å². The van der Waals surface area contributed by atoms with E-state index in [9.17, 15) is 9.18 Å². The third-order valence-corrected chi connectivity index (χ3v) is 4.02. The molecule has 0 bridgehead atoms. The Morgan fingerprint density at radius 1 is 0.889 bits per heavy atom. The zero-order chi connectivity index (χ0) is 18.6. The average Bonchev–Trinajstić information content (AvgIpc) is 2.70. The van der Waals surface area contributed by atoms with Gasteiger partial charge in [-0.15, -0.1) is 0 Å². The van der Waals surface area contributed by atoms with Gasteiger partial charge in [0, 0.05) is 17.1 Å². The lowest BCUT2D eigenvalue weighted by Gasteiger charge is -2.10. The lowest BCUT2D eigenvalue weighted by Crippen LogP contribution is -2.12. The van der Waals surface area contributed by atoms with Crippen LogP contribution in [0.5, 0.6) is 0 Å². The minimum atomic E-state index is -0.386. The van der Waals surface area contributed by atoms with Gasteiger partial charge in [-0.1, -0.05) is 18.2 Å². The number of fused-ring (bicyclic) bond motifs is 1. The van der Waals surface area contributed by atoms with Crippen LogP contribution in [0.25, 0.3) is 10.9 Å². The highest BCUT2D eigenvalue weighted by molar-refractivity contribution is 6.03. The molecule has 4 aromatic rings. The molecule has 6 heteroatoms. The Hall–Kier alpha value is -3.80. The molecule has 1 amide bonds. The molecule has 0 fully saturated rings. The molecule has 0 saturated heterocycles. The minimum absolute atomic E-state index is 0.346. The van der Waals surface area contributed by atoms with E-state index in [1.807, 2.05) is 36.4 Å². The van der Waals surface area contributed by atoms with E-state index in [1.165, 1.54) is 24.3 Å². The van der Waals surface area contributed by atoms with Crippen molar-refractivity contribution in [1.82, 2.24) is 9.97 Å². The molecule has 2 aromatic carbocycles. The zero-order valence-corrected chi connectivity index (χ0v) is 14.2. The summed E-state index contributed by atoms with van der Waals surface area (Å²) in [6.07, 6.45) is 3.38. The quantitative estimate of drug-likeness (QED) is 0.552. The van der Waals surface area contributed by atoms with Crippen LogP contribution in [0.1, 0.15) is 10.4 Å². The van der Waals surface area contributed by atoms with Crippen molar-refractivity contribution in [3.63, 3.8) is 0 Å². The van der Waals surface area contributed by atoms with Gasteiger partial charge >= 0.3 is 0 Å². The number of rotatable bonds is 4. The molecule has 0 aliphatic rings. The first kappa shape index (κ1) is 16.7. The Kier molecular flexibility index (Phi) is 4.45. The number of nitrogens with zero attached hydrogens (tertiary/aromatic N) is 2. The Bertz CT molecular complexity index is 1090. The summed E-state index contributed by atoms with van der Waals surface area (Å²) in [5.41, 5.74) is 2.88. The molecule has 4 rings (SSSR count). The fourth-order valence-corrected chi connectivity index (χ4v) is 2.69. The summed E-state index contributed by atoms with van der Waals surface area (Å²) >= 11 is 0. The van der Waals surface area contributed by atoms with Crippen LogP contribution >= 0.6 is 0 Å². The molecular formula is C21H15FN4O. The van der Waals surface area contributed by atoms with Gasteiger partial charge in [0.1, 0.15) is 11.6 Å². The van der Waals surface area contributed by atoms with Crippen LogP contribution in [0.15, 0.2) is 79.1 Å². The Morgan fingerprint density at radius 2 is 1.70 bits per heavy atom. The van der Waals surface area contributed by atoms with Crippen molar-refractivity contribution in [3.8, 4) is 0 Å². The van der Waals surface area contributed by atoms with E-state index in [-0.39, 0.29) is 11.7 Å². The second kappa shape index (κ2) is 7.21. The molecule has 0 spiro atoms. The number of hydrogen-bond acceptors (Lipinski definition) is 4. The molecule has 0 unspecified atom stereocenters. The maximum absolute atomic E-state index is 12.9. The number of pyridine rings is 2. The van der Waals surface area contributed by atoms with Gasteiger partial charge < -0.3 is 10.6 Å². The van der Waals surface area contributed by atoms with Crippen molar-refractivity contribution in [1.29, 1.82) is 0 Å². The Balaban J connectivity index is 1.49. The third-order valence-electron chi connectivity index (χ3n) is 4.02. The van der Waals surface area contributed by atoms with Gasteiger partial charge in [-0.3, -0.25) is 9.78 Å². The molecule has 0 atom stereocenters. The minimum Gasteiger partial charge on any atom is -0.352 e. The van der Waals surface area contributed by atoms with E-state index < -0.39 is 0 Å². The standard InChI is InChI=1S/C21H15FN4O/c22-16-8-6-15(7-9-16)21(27)26-19-11-10-17(13-24-19)25-18-5-1-3-14-4-2-12-23-20(14)18/h1-13,25H,(H,24,26,27). The van der Waals surface area contributed by atoms with Crippen molar-refractivity contribution >= 4 is 34.0 Å². The highest BCUT2D eigenvalue weighted by Crippen LogP contribution is 2.24. The number of benzene rings is 2. The number of nitrogens with one attached hydrogen (secondary N) is 2. The first-order valence-corrected chi connectivity index (χ1v) is 8.33. The summed E-state index contributed by atoms with van der Waals surface area (Å²) < 4.78 is 12.9. The van der Waals surface area contributed by atoms with E-state index in [1.54, 1.807) is 18.5 Å². The summed E-state index contributed by atoms with van der Waals surface area (Å²) in [5.74, 6) is -0.324. The number of anilines is 3. The SMILES string of the molecule is O=C(Nc1ccc(Nc2cccc3cccnc23)cn1)c1ccc(F)cc1. The molecule has 2 heterocycles. The number of aromatic nitrogens is 2. The molecule has 0 radical (unpaired) electrons. The van der Waals surface area contributed by atoms with Crippen LogP contribution in [0.4, 0.5) is 21.6 Å². The van der Waals surface area contributed by atoms with E-state index in [0.717, 1.165) is 22.3 Å². The second-order valence-electron chi connectivity index (χ2n) is 5.90. The summed E-state index contributed by atoms with van der Waals surface area (Å²) in [6, 6.07) is 18.6. The van der Waals surface area contributed by atoms with Crippen molar-refractivity contribution < 1.29 is 9.18 Å². The maximum Gasteiger partial charge on any atom is 0.256 e. The zero-order valence-electron chi connectivity index (χ0n) is 14.2. The molecule has 0 aliphatic carbocycles. The number of carbonyl (C=O) groups excluding carboxylic acids is 1. The lowest BCUT2D eigenvalue weighted by atomic mass is 10.2. The number of carbonyl (C=O) groups is 1. The summed E-state index contributed by atoms with van der Waals surface area (Å²) in [6.45, 7) is 0. The highest BCUT2D eigenvalue weighted by atomic mass is 19.1. The van der Waals surface area contributed by atoms with E-state index in [4.69, 9.17) is 0 Å². The largest absolute Gasteiger partial charge is 0.352 e. The van der Waals surface area contributed by atoms with Gasteiger partial charge in [0.25, 0.3) is 5.91 Å². The fourth-order valence-electron chi connectivity index (χ4n) is 2.69. The van der Waals surface area contributed by atoms with Gasteiger partial charge in [-0.2, -0.15) is 0 Å². The Labute approximate surface area is 154 Å². The molecule has 27 heavy (non-hydrogen) atoms. The van der Waals surface area contributed by atoms with Crippen LogP contribution in [-0.4, -0.2) is 15.9 Å². The number of para-hydroxylation sites is 1. The summed E-state index contributed by atoms with van der Waals surface area (Å²) in [7, 11) is 0. The predicted molar refractivity (Wildman–Crippen MR) is 104 cm³/mol. The topological polar surface area (TPSA) is 66.9 Å². The van der Waals surface area contributed by atoms with Crippen LogP contribution in [-0.2, 0) is 0 Å². The lowest BCUT2D eigenvalue weighted by molar-refractivity contribution is 0.102. The molecule has 0 saturated carbocycles. The van der Waals surface area contributed by atoms with Gasteiger partial charge in [0.05, 0.1) is 23.1 Å². The van der Waals surface area contributed by atoms with Crippen LogP contribution < -0.4 is 10.6 Å². The number of amides is 1. The molecule has 132 valence electrons. The summed E-state index contributed by atoms with van der Waals surface area (Å²) in [4.78, 5) is 20.8. The van der Waals surface area contributed by atoms with Crippen LogP contribution in [0, 0.1) is 5.82 Å². The second-order valence-corrected chi connectivity index (χ2v) is 5.90. The molecule has 2 N–H and O–H groups in total. The summed E-state index contributed by atoms with van der Waals surface area (Å²) in [5, 5.41) is 7.01. The van der Waals surface area contributed by atoms with Gasteiger partial charge in [0.15, 0.2) is 0 Å². The first-order chi connectivity index (χ1) is 13.2. The predicted octanol–water partition coefficient (Wildman–Crippen LogP) is 4.76. The van der Waals surface area contributed by atoms with Crippen LogP contribution in [0.2, 0.25) is 0 Å². The Morgan fingerprint density at radius 3 is 2.48 bits per heavy atom. The van der Waals surface area contributed by atoms with Crippen LogP contribution in [0.3, 0.4) is 0 Å². The van der Waals surface area contributed by atoms with Gasteiger partial charge in [-0.25, -0.2) is 9.37 Å². The highest BCUT2D eigenvalue weighted by Gasteiger charge is 2.07. The van der Waals surface area contributed by atoms with E-state index in [0.29, 0.717) is 11.4 Å². The van der Waals surface area contributed by atoms with Gasteiger partial charge in [0.2, 0.25) is 0 Å². The fraction of sp³-hybridized carbons (Fsp3) is 0. The van der Waals surface area contributed by atoms with Crippen molar-refractivity contribution in [2.24, 2.45) is 0 Å². The molecular weight excluding hydrogens is 343 g/mol. The normalized spacial score (nSPS) is 10.6. The molecule has 2 aromatic heterocycles. The average molecular weight is 358 g/mol. The molecule has 5 nitrogen and oxygen atoms in total. The van der Waals surface area contributed by atoms with Crippen molar-refractivity contribution in [2.75, 3.05) is 10.6 Å². The monoisotopic (exact) mass is 358 g/mol. The smallest absolute Gasteiger partial charge is 0.256 e. The van der Waals surface area contributed by atoms with E-state index in [2.05, 4.69) is 20.6 Å². The van der Waals surface area contributed by atoms with Crippen molar-refractivity contribution in [2.45, 2.75) is 0 Å². The van der Waals surface area contributed by atoms with Crippen molar-refractivity contribution in [3.05, 3.63) is 90.5 Å². The molecule has 0 aliphatic heterocycles. The number of halogens is 1. The number of hydrogen-bond donors (Lipinski definition) is 2. The third kappa shape index (κ3) is 3.74.